The molecule has 0 aliphatic heterocycles. The van der Waals surface area contributed by atoms with E-state index in [0.29, 0.717) is 5.01 Å². The third-order valence-electron chi connectivity index (χ3n) is 4.13. The Labute approximate surface area is 122 Å². The van der Waals surface area contributed by atoms with Crippen LogP contribution in [-0.2, 0) is 0 Å². The molecule has 0 bridgehead atoms. The molecular weight excluding hydrogens is 270 g/mol. The number of nitrogens with two attached hydrogens (primary N) is 2. The lowest BCUT2D eigenvalue weighted by molar-refractivity contribution is 0.0913. The Morgan fingerprint density at radius 3 is 2.65 bits per heavy atom. The molecule has 5 heteroatoms. The molecular formula is C15H19N3OS. The molecule has 4 N–H and O–H groups in total. The van der Waals surface area contributed by atoms with Crippen LogP contribution in [0.4, 0.5) is 0 Å². The maximum absolute atomic E-state index is 12.5. The number of fused-ring (bicyclic) bond motifs is 1. The summed E-state index contributed by atoms with van der Waals surface area (Å²) in [6.45, 7) is 0. The summed E-state index contributed by atoms with van der Waals surface area (Å²) in [7, 11) is 0. The maximum atomic E-state index is 12.5. The van der Waals surface area contributed by atoms with Gasteiger partial charge < -0.3 is 11.5 Å². The number of para-hydroxylation sites is 1. The highest BCUT2D eigenvalue weighted by molar-refractivity contribution is 7.20. The Balaban J connectivity index is 1.77. The van der Waals surface area contributed by atoms with Crippen molar-refractivity contribution < 1.29 is 4.79 Å². The molecule has 3 rings (SSSR count). The molecule has 20 heavy (non-hydrogen) atoms. The highest BCUT2D eigenvalue weighted by Crippen LogP contribution is 2.28. The predicted molar refractivity (Wildman–Crippen MR) is 81.9 cm³/mol. The first kappa shape index (κ1) is 13.7. The highest BCUT2D eigenvalue weighted by Gasteiger charge is 2.30. The fraction of sp³-hybridized carbons (Fsp3) is 0.467. The van der Waals surface area contributed by atoms with Gasteiger partial charge in [-0.05, 0) is 43.7 Å². The van der Waals surface area contributed by atoms with Crippen molar-refractivity contribution in [2.45, 2.75) is 37.8 Å². The van der Waals surface area contributed by atoms with Gasteiger partial charge in [-0.1, -0.05) is 12.1 Å². The summed E-state index contributed by atoms with van der Waals surface area (Å²) in [5.74, 6) is 0.223. The molecule has 1 atom stereocenters. The third-order valence-corrected chi connectivity index (χ3v) is 5.18. The number of carbonyl (C=O) groups excluding carboxylic acids is 1. The smallest absolute Gasteiger partial charge is 0.208 e. The number of carbonyl (C=O) groups is 1. The second-order valence-electron chi connectivity index (χ2n) is 5.55. The fourth-order valence-corrected chi connectivity index (χ4v) is 3.79. The van der Waals surface area contributed by atoms with Crippen LogP contribution in [0.5, 0.6) is 0 Å². The molecule has 1 fully saturated rings. The molecule has 4 nitrogen and oxygen atoms in total. The van der Waals surface area contributed by atoms with E-state index in [2.05, 4.69) is 4.98 Å². The summed E-state index contributed by atoms with van der Waals surface area (Å²) >= 11 is 1.43. The second kappa shape index (κ2) is 5.60. The second-order valence-corrected chi connectivity index (χ2v) is 6.58. The minimum Gasteiger partial charge on any atom is -0.328 e. The monoisotopic (exact) mass is 289 g/mol. The molecule has 1 aliphatic rings. The van der Waals surface area contributed by atoms with Gasteiger partial charge in [-0.15, -0.1) is 11.3 Å². The summed E-state index contributed by atoms with van der Waals surface area (Å²) in [5.41, 5.74) is 12.9. The van der Waals surface area contributed by atoms with E-state index in [-0.39, 0.29) is 17.7 Å². The molecule has 0 amide bonds. The van der Waals surface area contributed by atoms with Crippen molar-refractivity contribution in [1.29, 1.82) is 0 Å². The van der Waals surface area contributed by atoms with Crippen molar-refractivity contribution in [2.24, 2.45) is 17.4 Å². The van der Waals surface area contributed by atoms with Gasteiger partial charge >= 0.3 is 0 Å². The number of ketones is 1. The lowest BCUT2D eigenvalue weighted by Gasteiger charge is -2.29. The van der Waals surface area contributed by atoms with E-state index in [4.69, 9.17) is 11.5 Å². The Bertz CT molecular complexity index is 583. The molecule has 1 aromatic carbocycles. The maximum Gasteiger partial charge on any atom is 0.208 e. The zero-order valence-corrected chi connectivity index (χ0v) is 12.1. The van der Waals surface area contributed by atoms with Gasteiger partial charge in [-0.25, -0.2) is 4.98 Å². The van der Waals surface area contributed by atoms with E-state index in [9.17, 15) is 4.79 Å². The number of Topliss-reactive ketones (excluding diaryl/α,β-unsaturated/α-hetero) is 1. The van der Waals surface area contributed by atoms with Crippen LogP contribution in [0.15, 0.2) is 24.3 Å². The molecule has 1 unspecified atom stereocenters. The minimum atomic E-state index is -0.442. The summed E-state index contributed by atoms with van der Waals surface area (Å²) in [5, 5.41) is 0.536. The van der Waals surface area contributed by atoms with Gasteiger partial charge in [0.1, 0.15) is 0 Å². The Hall–Kier alpha value is -1.30. The first-order valence-corrected chi connectivity index (χ1v) is 7.88. The summed E-state index contributed by atoms with van der Waals surface area (Å²) < 4.78 is 1.04. The van der Waals surface area contributed by atoms with Gasteiger partial charge in [0.05, 0.1) is 16.3 Å². The Morgan fingerprint density at radius 2 is 1.95 bits per heavy atom. The van der Waals surface area contributed by atoms with E-state index in [1.807, 2.05) is 24.3 Å². The molecule has 0 saturated heterocycles. The van der Waals surface area contributed by atoms with Gasteiger partial charge in [0.25, 0.3) is 0 Å². The molecule has 0 radical (unpaired) electrons. The van der Waals surface area contributed by atoms with Crippen LogP contribution in [-0.4, -0.2) is 22.9 Å². The first-order valence-electron chi connectivity index (χ1n) is 7.06. The number of hydrogen-bond acceptors (Lipinski definition) is 5. The zero-order chi connectivity index (χ0) is 14.1. The average molecular weight is 289 g/mol. The van der Waals surface area contributed by atoms with Crippen LogP contribution in [0, 0.1) is 5.92 Å². The molecule has 1 saturated carbocycles. The number of aromatic nitrogens is 1. The summed E-state index contributed by atoms with van der Waals surface area (Å²) in [4.78, 5) is 16.9. The summed E-state index contributed by atoms with van der Waals surface area (Å²) in [6, 6.07) is 7.62. The quantitative estimate of drug-likeness (QED) is 0.850. The van der Waals surface area contributed by atoms with Gasteiger partial charge in [0.15, 0.2) is 5.01 Å². The van der Waals surface area contributed by atoms with E-state index in [1.54, 1.807) is 0 Å². The Kier molecular flexibility index (Phi) is 3.83. The zero-order valence-electron chi connectivity index (χ0n) is 11.3. The lowest BCUT2D eigenvalue weighted by Crippen LogP contribution is -2.41. The van der Waals surface area contributed by atoms with Crippen molar-refractivity contribution in [2.75, 3.05) is 0 Å². The largest absolute Gasteiger partial charge is 0.328 e. The van der Waals surface area contributed by atoms with Crippen molar-refractivity contribution in [3.05, 3.63) is 29.3 Å². The van der Waals surface area contributed by atoms with Gasteiger partial charge in [-0.2, -0.15) is 0 Å². The van der Waals surface area contributed by atoms with Crippen molar-refractivity contribution in [3.63, 3.8) is 0 Å². The van der Waals surface area contributed by atoms with Crippen molar-refractivity contribution in [3.8, 4) is 0 Å². The minimum absolute atomic E-state index is 0.0216. The topological polar surface area (TPSA) is 82.0 Å². The number of rotatable bonds is 3. The van der Waals surface area contributed by atoms with E-state index in [1.165, 1.54) is 11.3 Å². The molecule has 106 valence electrons. The van der Waals surface area contributed by atoms with Crippen molar-refractivity contribution >= 4 is 27.3 Å². The van der Waals surface area contributed by atoms with E-state index in [0.717, 1.165) is 35.9 Å². The van der Waals surface area contributed by atoms with Crippen LogP contribution in [0.3, 0.4) is 0 Å². The van der Waals surface area contributed by atoms with Gasteiger partial charge in [-0.3, -0.25) is 4.79 Å². The Morgan fingerprint density at radius 1 is 1.25 bits per heavy atom. The van der Waals surface area contributed by atoms with Crippen LogP contribution in [0.2, 0.25) is 0 Å². The number of hydrogen-bond donors (Lipinski definition) is 2. The van der Waals surface area contributed by atoms with Gasteiger partial charge in [0, 0.05) is 6.04 Å². The molecule has 2 aromatic rings. The number of nitrogens with zero attached hydrogens (tertiary/aromatic N) is 1. The number of thiazole rings is 1. The van der Waals surface area contributed by atoms with Crippen LogP contribution >= 0.6 is 11.3 Å². The highest BCUT2D eigenvalue weighted by atomic mass is 32.1. The third kappa shape index (κ3) is 2.61. The van der Waals surface area contributed by atoms with Crippen LogP contribution in [0.1, 0.15) is 35.5 Å². The number of benzene rings is 1. The van der Waals surface area contributed by atoms with Crippen molar-refractivity contribution in [1.82, 2.24) is 4.98 Å². The first-order chi connectivity index (χ1) is 9.65. The van der Waals surface area contributed by atoms with E-state index < -0.39 is 6.04 Å². The molecule has 1 aromatic heterocycles. The van der Waals surface area contributed by atoms with E-state index >= 15 is 0 Å². The SMILES string of the molecule is NC1CCC(C(N)C(=O)c2nc3ccccc3s2)CC1. The normalized spacial score (nSPS) is 24.7. The van der Waals surface area contributed by atoms with Gasteiger partial charge in [0.2, 0.25) is 5.78 Å². The molecule has 0 spiro atoms. The lowest BCUT2D eigenvalue weighted by atomic mass is 9.81. The summed E-state index contributed by atoms with van der Waals surface area (Å²) in [6.07, 6.45) is 3.81. The van der Waals surface area contributed by atoms with Crippen LogP contribution in [0.25, 0.3) is 10.2 Å². The fourth-order valence-electron chi connectivity index (χ4n) is 2.84. The average Bonchev–Trinajstić information content (AvgIpc) is 2.90. The molecule has 1 aliphatic carbocycles. The predicted octanol–water partition coefficient (Wildman–Crippen LogP) is 2.32. The standard InChI is InChI=1S/C15H19N3OS/c16-10-7-5-9(6-8-10)13(17)14(19)15-18-11-3-1-2-4-12(11)20-15/h1-4,9-10,13H,5-8,16-17H2. The van der Waals surface area contributed by atoms with Crippen LogP contribution < -0.4 is 11.5 Å². The molecule has 1 heterocycles.